The number of thiocarbonyl (C=S) groups is 1. The molecule has 1 amide bonds. The van der Waals surface area contributed by atoms with Gasteiger partial charge in [-0.05, 0) is 48.1 Å². The third-order valence-electron chi connectivity index (χ3n) is 3.03. The maximum Gasteiger partial charge on any atom is 0.269 e. The predicted molar refractivity (Wildman–Crippen MR) is 108 cm³/mol. The second-order valence-electron chi connectivity index (χ2n) is 4.87. The molecule has 0 unspecified atom stereocenters. The van der Waals surface area contributed by atoms with Crippen molar-refractivity contribution in [3.05, 3.63) is 73.2 Å². The zero-order valence-electron chi connectivity index (χ0n) is 12.8. The fraction of sp³-hybridized carbons (Fsp3) is 0. The highest BCUT2D eigenvalue weighted by molar-refractivity contribution is 7.80. The molecule has 0 atom stereocenters. The first-order chi connectivity index (χ1) is 12.3. The minimum Gasteiger partial charge on any atom is -0.331 e. The third kappa shape index (κ3) is 5.67. The monoisotopic (exact) mass is 429 g/mol. The molecular weight excluding hydrogens is 421 g/mol. The Labute approximate surface area is 168 Å². The number of nitrogens with zero attached hydrogens (tertiary/aromatic N) is 1. The Bertz CT molecular complexity index is 902. The van der Waals surface area contributed by atoms with E-state index in [0.29, 0.717) is 16.3 Å². The number of anilines is 1. The van der Waals surface area contributed by atoms with Gasteiger partial charge >= 0.3 is 0 Å². The molecule has 2 aromatic rings. The molecule has 0 fully saturated rings. The average Bonchev–Trinajstić information content (AvgIpc) is 2.58. The van der Waals surface area contributed by atoms with Crippen LogP contribution in [0.15, 0.2) is 42.5 Å². The van der Waals surface area contributed by atoms with Gasteiger partial charge in [-0.2, -0.15) is 0 Å². The van der Waals surface area contributed by atoms with Gasteiger partial charge in [-0.3, -0.25) is 20.2 Å². The van der Waals surface area contributed by atoms with E-state index in [1.54, 1.807) is 0 Å². The summed E-state index contributed by atoms with van der Waals surface area (Å²) in [4.78, 5) is 22.0. The topological polar surface area (TPSA) is 84.3 Å². The maximum atomic E-state index is 11.9. The van der Waals surface area contributed by atoms with Crippen LogP contribution in [-0.2, 0) is 4.79 Å². The summed E-state index contributed by atoms with van der Waals surface area (Å²) in [6, 6.07) is 8.66. The van der Waals surface area contributed by atoms with Crippen molar-refractivity contribution in [3.63, 3.8) is 0 Å². The Morgan fingerprint density at radius 2 is 1.69 bits per heavy atom. The Hall–Kier alpha value is -2.19. The summed E-state index contributed by atoms with van der Waals surface area (Å²) in [6.07, 6.45) is 2.74. The van der Waals surface area contributed by atoms with E-state index in [4.69, 9.17) is 47.0 Å². The van der Waals surface area contributed by atoms with Gasteiger partial charge < -0.3 is 5.32 Å². The highest BCUT2D eigenvalue weighted by Crippen LogP contribution is 2.32. The van der Waals surface area contributed by atoms with Crippen LogP contribution in [0.25, 0.3) is 6.08 Å². The number of hydrogen-bond donors (Lipinski definition) is 2. The Morgan fingerprint density at radius 3 is 2.31 bits per heavy atom. The lowest BCUT2D eigenvalue weighted by molar-refractivity contribution is -0.384. The van der Waals surface area contributed by atoms with Crippen molar-refractivity contribution >= 4 is 75.5 Å². The van der Waals surface area contributed by atoms with Crippen LogP contribution in [0.1, 0.15) is 5.56 Å². The van der Waals surface area contributed by atoms with Crippen molar-refractivity contribution in [2.45, 2.75) is 0 Å². The molecule has 10 heteroatoms. The summed E-state index contributed by atoms with van der Waals surface area (Å²) in [5.74, 6) is -0.489. The molecule has 0 heterocycles. The fourth-order valence-corrected chi connectivity index (χ4v) is 2.61. The summed E-state index contributed by atoms with van der Waals surface area (Å²) in [5.41, 5.74) is 0.985. The van der Waals surface area contributed by atoms with Gasteiger partial charge in [-0.1, -0.05) is 34.8 Å². The number of carbonyl (C=O) groups is 1. The number of non-ortho nitro benzene ring substituents is 1. The van der Waals surface area contributed by atoms with Crippen LogP contribution in [0, 0.1) is 10.1 Å². The smallest absolute Gasteiger partial charge is 0.269 e. The minimum atomic E-state index is -0.502. The molecule has 0 saturated carbocycles. The van der Waals surface area contributed by atoms with E-state index in [9.17, 15) is 14.9 Å². The zero-order chi connectivity index (χ0) is 19.3. The number of halogens is 3. The molecule has 0 aromatic heterocycles. The lowest BCUT2D eigenvalue weighted by Gasteiger charge is -2.10. The number of nitro benzene ring substituents is 1. The largest absolute Gasteiger partial charge is 0.331 e. The highest BCUT2D eigenvalue weighted by atomic mass is 35.5. The summed E-state index contributed by atoms with van der Waals surface area (Å²) in [7, 11) is 0. The van der Waals surface area contributed by atoms with Crippen LogP contribution >= 0.6 is 47.0 Å². The van der Waals surface area contributed by atoms with Crippen LogP contribution in [0.4, 0.5) is 11.4 Å². The number of rotatable bonds is 4. The molecule has 2 rings (SSSR count). The minimum absolute atomic E-state index is 0.0173. The normalized spacial score (nSPS) is 10.6. The van der Waals surface area contributed by atoms with E-state index in [1.165, 1.54) is 48.6 Å². The van der Waals surface area contributed by atoms with E-state index in [-0.39, 0.29) is 20.8 Å². The number of nitrogens with one attached hydrogen (secondary N) is 2. The first kappa shape index (κ1) is 20.1. The van der Waals surface area contributed by atoms with Gasteiger partial charge in [0.15, 0.2) is 5.11 Å². The average molecular weight is 431 g/mol. The van der Waals surface area contributed by atoms with Crippen molar-refractivity contribution in [3.8, 4) is 0 Å². The first-order valence-electron chi connectivity index (χ1n) is 6.95. The molecule has 2 N–H and O–H groups in total. The lowest BCUT2D eigenvalue weighted by atomic mass is 10.2. The van der Waals surface area contributed by atoms with Crippen molar-refractivity contribution in [2.75, 3.05) is 5.32 Å². The van der Waals surface area contributed by atoms with Crippen LogP contribution < -0.4 is 10.6 Å². The second-order valence-corrected chi connectivity index (χ2v) is 6.50. The molecule has 26 heavy (non-hydrogen) atoms. The van der Waals surface area contributed by atoms with Crippen molar-refractivity contribution in [1.82, 2.24) is 5.32 Å². The van der Waals surface area contributed by atoms with Crippen LogP contribution in [0.2, 0.25) is 15.1 Å². The van der Waals surface area contributed by atoms with Crippen LogP contribution in [0.3, 0.4) is 0 Å². The maximum absolute atomic E-state index is 11.9. The van der Waals surface area contributed by atoms with Gasteiger partial charge in [0, 0.05) is 18.2 Å². The number of nitro groups is 1. The molecule has 0 radical (unpaired) electrons. The molecule has 0 aliphatic rings. The highest BCUT2D eigenvalue weighted by Gasteiger charge is 2.09. The molecule has 0 aliphatic carbocycles. The summed E-state index contributed by atoms with van der Waals surface area (Å²) >= 11 is 22.8. The lowest BCUT2D eigenvalue weighted by Crippen LogP contribution is -2.32. The van der Waals surface area contributed by atoms with Gasteiger partial charge in [-0.25, -0.2) is 0 Å². The molecule has 0 saturated heterocycles. The SMILES string of the molecule is O=C(/C=C/c1ccc([N+](=O)[O-])cc1)NC(=S)Nc1cc(Cl)c(Cl)cc1Cl. The summed E-state index contributed by atoms with van der Waals surface area (Å²) in [5, 5.41) is 16.7. The van der Waals surface area contributed by atoms with Crippen molar-refractivity contribution in [2.24, 2.45) is 0 Å². The molecular formula is C16H10Cl3N3O3S. The molecule has 0 bridgehead atoms. The van der Waals surface area contributed by atoms with Gasteiger partial charge in [0.1, 0.15) is 0 Å². The van der Waals surface area contributed by atoms with Crippen molar-refractivity contribution < 1.29 is 9.72 Å². The van der Waals surface area contributed by atoms with Gasteiger partial charge in [0.05, 0.1) is 25.7 Å². The summed E-state index contributed by atoms with van der Waals surface area (Å²) < 4.78 is 0. The van der Waals surface area contributed by atoms with E-state index >= 15 is 0 Å². The van der Waals surface area contributed by atoms with Crippen LogP contribution in [-0.4, -0.2) is 15.9 Å². The fourth-order valence-electron chi connectivity index (χ4n) is 1.80. The molecule has 2 aromatic carbocycles. The van der Waals surface area contributed by atoms with E-state index < -0.39 is 10.8 Å². The first-order valence-corrected chi connectivity index (χ1v) is 8.49. The van der Waals surface area contributed by atoms with Gasteiger partial charge in [0.25, 0.3) is 5.69 Å². The Kier molecular flexibility index (Phi) is 6.93. The molecule has 6 nitrogen and oxygen atoms in total. The predicted octanol–water partition coefficient (Wildman–Crippen LogP) is 5.08. The second kappa shape index (κ2) is 8.95. The van der Waals surface area contributed by atoms with E-state index in [2.05, 4.69) is 10.6 Å². The van der Waals surface area contributed by atoms with E-state index in [1.807, 2.05) is 0 Å². The Balaban J connectivity index is 1.95. The van der Waals surface area contributed by atoms with Gasteiger partial charge in [0.2, 0.25) is 5.91 Å². The van der Waals surface area contributed by atoms with Crippen LogP contribution in [0.5, 0.6) is 0 Å². The third-order valence-corrected chi connectivity index (χ3v) is 4.26. The number of amides is 1. The molecule has 0 spiro atoms. The summed E-state index contributed by atoms with van der Waals surface area (Å²) in [6.45, 7) is 0. The van der Waals surface area contributed by atoms with E-state index in [0.717, 1.165) is 0 Å². The number of hydrogen-bond acceptors (Lipinski definition) is 4. The molecule has 0 aliphatic heterocycles. The molecule has 134 valence electrons. The van der Waals surface area contributed by atoms with Gasteiger partial charge in [-0.15, -0.1) is 0 Å². The Morgan fingerprint density at radius 1 is 1.08 bits per heavy atom. The number of benzene rings is 2. The zero-order valence-corrected chi connectivity index (χ0v) is 15.9. The quantitative estimate of drug-likeness (QED) is 0.232. The van der Waals surface area contributed by atoms with Crippen molar-refractivity contribution in [1.29, 1.82) is 0 Å². The number of carbonyl (C=O) groups excluding carboxylic acids is 1. The standard InChI is InChI=1S/C16H10Cl3N3O3S/c17-11-7-13(19)14(8-12(11)18)20-16(26)21-15(23)6-3-9-1-4-10(5-2-9)22(24)25/h1-8H,(H2,20,21,23,26)/b6-3+.